The van der Waals surface area contributed by atoms with Gasteiger partial charge in [0.2, 0.25) is 0 Å². The van der Waals surface area contributed by atoms with E-state index >= 15 is 0 Å². The Morgan fingerprint density at radius 2 is 2.00 bits per heavy atom. The first-order chi connectivity index (χ1) is 11.1. The highest BCUT2D eigenvalue weighted by Crippen LogP contribution is 2.42. The number of carbonyl (C=O) groups is 1. The fourth-order valence-electron chi connectivity index (χ4n) is 2.53. The van der Waals surface area contributed by atoms with Crippen LogP contribution in [0.4, 0.5) is 0 Å². The first kappa shape index (κ1) is 15.0. The van der Waals surface area contributed by atoms with Crippen molar-refractivity contribution in [2.75, 3.05) is 6.61 Å². The summed E-state index contributed by atoms with van der Waals surface area (Å²) in [4.78, 5) is 12.3. The Bertz CT molecular complexity index is 749. The maximum Gasteiger partial charge on any atom is 0.174 e. The predicted molar refractivity (Wildman–Crippen MR) is 84.2 cm³/mol. The van der Waals surface area contributed by atoms with Crippen LogP contribution in [-0.2, 0) is 0 Å². The van der Waals surface area contributed by atoms with Gasteiger partial charge in [-0.05, 0) is 17.7 Å². The van der Waals surface area contributed by atoms with E-state index in [-0.39, 0.29) is 35.9 Å². The van der Waals surface area contributed by atoms with Gasteiger partial charge in [0.1, 0.15) is 41.3 Å². The van der Waals surface area contributed by atoms with Crippen molar-refractivity contribution in [1.29, 1.82) is 0 Å². The fourth-order valence-corrected chi connectivity index (χ4v) is 2.53. The molecule has 0 saturated carbocycles. The van der Waals surface area contributed by atoms with Crippen LogP contribution in [0.5, 0.6) is 23.0 Å². The summed E-state index contributed by atoms with van der Waals surface area (Å²) in [5, 5.41) is 19.4. The smallest absolute Gasteiger partial charge is 0.174 e. The van der Waals surface area contributed by atoms with Gasteiger partial charge in [-0.3, -0.25) is 4.79 Å². The summed E-state index contributed by atoms with van der Waals surface area (Å²) in [6.07, 6.45) is 1.24. The van der Waals surface area contributed by atoms with Crippen molar-refractivity contribution in [2.45, 2.75) is 12.5 Å². The molecule has 0 aromatic heterocycles. The lowest BCUT2D eigenvalue weighted by atomic mass is 9.95. The Morgan fingerprint density at radius 1 is 1.26 bits per heavy atom. The van der Waals surface area contributed by atoms with Crippen LogP contribution in [0.3, 0.4) is 0 Å². The highest BCUT2D eigenvalue weighted by Gasteiger charge is 2.30. The number of benzene rings is 2. The number of hydrogen-bond acceptors (Lipinski definition) is 5. The van der Waals surface area contributed by atoms with Crippen molar-refractivity contribution in [3.8, 4) is 23.0 Å². The first-order valence-corrected chi connectivity index (χ1v) is 7.18. The van der Waals surface area contributed by atoms with Crippen LogP contribution in [0.2, 0.25) is 0 Å². The van der Waals surface area contributed by atoms with Crippen molar-refractivity contribution < 1.29 is 24.5 Å². The molecule has 0 saturated heterocycles. The van der Waals surface area contributed by atoms with Gasteiger partial charge in [-0.2, -0.15) is 0 Å². The van der Waals surface area contributed by atoms with Gasteiger partial charge in [0.25, 0.3) is 0 Å². The summed E-state index contributed by atoms with van der Waals surface area (Å²) in [6.45, 7) is 3.85. The summed E-state index contributed by atoms with van der Waals surface area (Å²) in [5.41, 5.74) is 0.949. The molecule has 1 atom stereocenters. The topological polar surface area (TPSA) is 76.0 Å². The summed E-state index contributed by atoms with van der Waals surface area (Å²) < 4.78 is 11.3. The molecule has 2 aromatic carbocycles. The molecule has 0 fully saturated rings. The molecule has 1 aliphatic rings. The first-order valence-electron chi connectivity index (χ1n) is 7.18. The van der Waals surface area contributed by atoms with Gasteiger partial charge in [0.15, 0.2) is 5.78 Å². The summed E-state index contributed by atoms with van der Waals surface area (Å²) in [6, 6.07) is 9.47. The van der Waals surface area contributed by atoms with E-state index in [0.717, 1.165) is 5.56 Å². The number of aromatic hydroxyl groups is 2. The summed E-state index contributed by atoms with van der Waals surface area (Å²) >= 11 is 0. The normalized spacial score (nSPS) is 16.3. The Labute approximate surface area is 133 Å². The highest BCUT2D eigenvalue weighted by atomic mass is 16.5. The number of hydrogen-bond donors (Lipinski definition) is 2. The molecule has 0 unspecified atom stereocenters. The molecule has 0 aliphatic carbocycles. The number of ether oxygens (including phenoxy) is 2. The zero-order valence-electron chi connectivity index (χ0n) is 12.4. The minimum Gasteiger partial charge on any atom is -0.508 e. The molecular weight excluding hydrogens is 296 g/mol. The zero-order chi connectivity index (χ0) is 16.4. The van der Waals surface area contributed by atoms with Crippen molar-refractivity contribution >= 4 is 5.78 Å². The highest BCUT2D eigenvalue weighted by molar-refractivity contribution is 6.02. The Kier molecular flexibility index (Phi) is 3.93. The number of phenolic OH excluding ortho intramolecular Hbond substituents is 2. The zero-order valence-corrected chi connectivity index (χ0v) is 12.4. The van der Waals surface area contributed by atoms with Gasteiger partial charge >= 0.3 is 0 Å². The van der Waals surface area contributed by atoms with Crippen LogP contribution in [0.25, 0.3) is 0 Å². The number of fused-ring (bicyclic) bond motifs is 1. The van der Waals surface area contributed by atoms with E-state index in [0.29, 0.717) is 11.5 Å². The van der Waals surface area contributed by atoms with Gasteiger partial charge in [0, 0.05) is 12.1 Å². The van der Waals surface area contributed by atoms with Crippen molar-refractivity contribution in [3.63, 3.8) is 0 Å². The number of rotatable bonds is 4. The van der Waals surface area contributed by atoms with Crippen molar-refractivity contribution in [3.05, 3.63) is 60.2 Å². The third-order valence-electron chi connectivity index (χ3n) is 3.61. The lowest BCUT2D eigenvalue weighted by molar-refractivity contribution is 0.0844. The maximum absolute atomic E-state index is 12.3. The lowest BCUT2D eigenvalue weighted by Crippen LogP contribution is -2.20. The minimum absolute atomic E-state index is 0.123. The van der Waals surface area contributed by atoms with Gasteiger partial charge in [-0.1, -0.05) is 24.8 Å². The summed E-state index contributed by atoms with van der Waals surface area (Å²) in [7, 11) is 0. The SMILES string of the molecule is C=CCOc1cc(O)c2c(c1)O[C@H](c1ccc(O)cc1)CC2=O. The van der Waals surface area contributed by atoms with Gasteiger partial charge in [-0.15, -0.1) is 0 Å². The van der Waals surface area contributed by atoms with Gasteiger partial charge in [-0.25, -0.2) is 0 Å². The lowest BCUT2D eigenvalue weighted by Gasteiger charge is -2.26. The standard InChI is InChI=1S/C18H16O5/c1-2-7-22-13-8-14(20)18-15(21)10-16(23-17(18)9-13)11-3-5-12(19)6-4-11/h2-6,8-9,16,19-20H,1,7,10H2/t16-/m0/s1. The van der Waals surface area contributed by atoms with E-state index in [9.17, 15) is 15.0 Å². The molecule has 5 heteroatoms. The number of carbonyl (C=O) groups excluding carboxylic acids is 1. The molecule has 0 bridgehead atoms. The van der Waals surface area contributed by atoms with Crippen LogP contribution in [0.1, 0.15) is 28.4 Å². The molecule has 1 heterocycles. The van der Waals surface area contributed by atoms with E-state index in [1.165, 1.54) is 6.07 Å². The van der Waals surface area contributed by atoms with Crippen LogP contribution >= 0.6 is 0 Å². The van der Waals surface area contributed by atoms with Crippen molar-refractivity contribution in [1.82, 2.24) is 0 Å². The van der Waals surface area contributed by atoms with E-state index < -0.39 is 6.10 Å². The molecule has 1 aliphatic heterocycles. The largest absolute Gasteiger partial charge is 0.508 e. The van der Waals surface area contributed by atoms with Crippen molar-refractivity contribution in [2.24, 2.45) is 0 Å². The number of ketones is 1. The summed E-state index contributed by atoms with van der Waals surface area (Å²) in [5.74, 6) is 0.487. The monoisotopic (exact) mass is 312 g/mol. The Balaban J connectivity index is 1.94. The molecule has 118 valence electrons. The third-order valence-corrected chi connectivity index (χ3v) is 3.61. The molecule has 23 heavy (non-hydrogen) atoms. The minimum atomic E-state index is -0.468. The van der Waals surface area contributed by atoms with E-state index in [1.54, 1.807) is 36.4 Å². The fraction of sp³-hybridized carbons (Fsp3) is 0.167. The van der Waals surface area contributed by atoms with Crippen LogP contribution in [-0.4, -0.2) is 22.6 Å². The molecule has 0 spiro atoms. The quantitative estimate of drug-likeness (QED) is 0.847. The number of phenols is 2. The predicted octanol–water partition coefficient (Wildman–Crippen LogP) is 3.37. The van der Waals surface area contributed by atoms with Crippen LogP contribution in [0, 0.1) is 0 Å². The van der Waals surface area contributed by atoms with E-state index in [2.05, 4.69) is 6.58 Å². The molecular formula is C18H16O5. The molecule has 0 amide bonds. The molecule has 2 N–H and O–H groups in total. The second-order valence-electron chi connectivity index (χ2n) is 5.24. The maximum atomic E-state index is 12.3. The molecule has 2 aromatic rings. The Hall–Kier alpha value is -2.95. The van der Waals surface area contributed by atoms with E-state index in [4.69, 9.17) is 9.47 Å². The molecule has 3 rings (SSSR count). The van der Waals surface area contributed by atoms with Crippen LogP contribution in [0.15, 0.2) is 49.1 Å². The second-order valence-corrected chi connectivity index (χ2v) is 5.24. The average molecular weight is 312 g/mol. The van der Waals surface area contributed by atoms with Gasteiger partial charge in [0.05, 0.1) is 6.42 Å². The van der Waals surface area contributed by atoms with Crippen LogP contribution < -0.4 is 9.47 Å². The van der Waals surface area contributed by atoms with E-state index in [1.807, 2.05) is 0 Å². The molecule has 5 nitrogen and oxygen atoms in total. The second kappa shape index (κ2) is 6.04. The average Bonchev–Trinajstić information content (AvgIpc) is 2.52. The Morgan fingerprint density at radius 3 is 2.70 bits per heavy atom. The number of Topliss-reactive ketones (excluding diaryl/α,β-unsaturated/α-hetero) is 1. The molecule has 0 radical (unpaired) electrons. The van der Waals surface area contributed by atoms with Gasteiger partial charge < -0.3 is 19.7 Å². The third kappa shape index (κ3) is 2.99.